The summed E-state index contributed by atoms with van der Waals surface area (Å²) in [4.78, 5) is 27.5. The number of carboxylic acid groups (broad SMARTS) is 1. The molecule has 6 heteroatoms. The predicted molar refractivity (Wildman–Crippen MR) is 65.5 cm³/mol. The van der Waals surface area contributed by atoms with Gasteiger partial charge in [0.05, 0.1) is 0 Å². The van der Waals surface area contributed by atoms with Gasteiger partial charge >= 0.3 is 5.97 Å². The van der Waals surface area contributed by atoms with Crippen molar-refractivity contribution in [2.75, 3.05) is 6.26 Å². The SMILES string of the molecule is CSc1nc2n(c(=O)c1C(=O)O)C(C)=C(C)C2. The Balaban J connectivity index is 2.81. The van der Waals surface area contributed by atoms with Crippen molar-refractivity contribution in [1.82, 2.24) is 9.55 Å². The first-order valence-corrected chi connectivity index (χ1v) is 6.29. The average molecular weight is 252 g/mol. The van der Waals surface area contributed by atoms with Gasteiger partial charge in [0.2, 0.25) is 0 Å². The lowest BCUT2D eigenvalue weighted by atomic mass is 10.2. The van der Waals surface area contributed by atoms with E-state index in [1.165, 1.54) is 16.3 Å². The smallest absolute Gasteiger partial charge is 0.344 e. The van der Waals surface area contributed by atoms with Gasteiger partial charge in [0.15, 0.2) is 5.56 Å². The van der Waals surface area contributed by atoms with E-state index >= 15 is 0 Å². The highest BCUT2D eigenvalue weighted by molar-refractivity contribution is 7.98. The Morgan fingerprint density at radius 1 is 1.47 bits per heavy atom. The molecule has 0 atom stereocenters. The second kappa shape index (κ2) is 4.03. The van der Waals surface area contributed by atoms with Crippen LogP contribution in [0.5, 0.6) is 0 Å². The summed E-state index contributed by atoms with van der Waals surface area (Å²) >= 11 is 1.18. The normalized spacial score (nSPS) is 14.1. The number of thioether (sulfide) groups is 1. The topological polar surface area (TPSA) is 72.2 Å². The molecular formula is C11H12N2O3S. The lowest BCUT2D eigenvalue weighted by Gasteiger charge is -2.08. The lowest BCUT2D eigenvalue weighted by molar-refractivity contribution is 0.0689. The van der Waals surface area contributed by atoms with Crippen LogP contribution in [0.25, 0.3) is 5.70 Å². The van der Waals surface area contributed by atoms with Crippen LogP contribution in [0.15, 0.2) is 15.4 Å². The van der Waals surface area contributed by atoms with Gasteiger partial charge in [0.25, 0.3) is 5.56 Å². The molecule has 0 spiro atoms. The molecule has 2 rings (SSSR count). The van der Waals surface area contributed by atoms with Crippen LogP contribution in [0.2, 0.25) is 0 Å². The highest BCUT2D eigenvalue weighted by Gasteiger charge is 2.25. The molecule has 2 heterocycles. The van der Waals surface area contributed by atoms with Crippen LogP contribution in [0.1, 0.15) is 30.0 Å². The van der Waals surface area contributed by atoms with Gasteiger partial charge < -0.3 is 5.11 Å². The fourth-order valence-electron chi connectivity index (χ4n) is 1.89. The Morgan fingerprint density at radius 3 is 2.65 bits per heavy atom. The number of rotatable bonds is 2. The molecule has 1 aromatic rings. The van der Waals surface area contributed by atoms with Gasteiger partial charge in [0, 0.05) is 12.1 Å². The van der Waals surface area contributed by atoms with Crippen LogP contribution < -0.4 is 5.56 Å². The van der Waals surface area contributed by atoms with Crippen molar-refractivity contribution in [2.24, 2.45) is 0 Å². The van der Waals surface area contributed by atoms with Crippen molar-refractivity contribution in [3.05, 3.63) is 27.3 Å². The summed E-state index contributed by atoms with van der Waals surface area (Å²) in [5, 5.41) is 9.37. The minimum Gasteiger partial charge on any atom is -0.477 e. The van der Waals surface area contributed by atoms with E-state index in [9.17, 15) is 9.59 Å². The van der Waals surface area contributed by atoms with Crippen LogP contribution in [0.3, 0.4) is 0 Å². The molecule has 0 aliphatic carbocycles. The largest absolute Gasteiger partial charge is 0.477 e. The zero-order chi connectivity index (χ0) is 12.7. The van der Waals surface area contributed by atoms with E-state index in [2.05, 4.69) is 4.98 Å². The van der Waals surface area contributed by atoms with Crippen molar-refractivity contribution in [1.29, 1.82) is 0 Å². The summed E-state index contributed by atoms with van der Waals surface area (Å²) in [7, 11) is 0. The molecule has 0 radical (unpaired) electrons. The summed E-state index contributed by atoms with van der Waals surface area (Å²) in [5.74, 6) is -0.598. The van der Waals surface area contributed by atoms with Crippen molar-refractivity contribution in [3.8, 4) is 0 Å². The van der Waals surface area contributed by atoms with E-state index in [4.69, 9.17) is 5.11 Å². The number of allylic oxidation sites excluding steroid dienone is 2. The van der Waals surface area contributed by atoms with Gasteiger partial charge in [-0.15, -0.1) is 11.8 Å². The minimum atomic E-state index is -1.22. The third-order valence-corrected chi connectivity index (χ3v) is 3.59. The molecule has 0 unspecified atom stereocenters. The Hall–Kier alpha value is -1.56. The predicted octanol–water partition coefficient (Wildman–Crippen LogP) is 1.47. The first kappa shape index (κ1) is 11.9. The van der Waals surface area contributed by atoms with E-state index in [-0.39, 0.29) is 10.6 Å². The van der Waals surface area contributed by atoms with Crippen molar-refractivity contribution < 1.29 is 9.90 Å². The number of carbonyl (C=O) groups is 1. The Bertz CT molecular complexity index is 601. The van der Waals surface area contributed by atoms with Gasteiger partial charge in [-0.1, -0.05) is 0 Å². The highest BCUT2D eigenvalue weighted by Crippen LogP contribution is 2.25. The van der Waals surface area contributed by atoms with Crippen LogP contribution in [0, 0.1) is 0 Å². The van der Waals surface area contributed by atoms with Gasteiger partial charge in [-0.2, -0.15) is 0 Å². The average Bonchev–Trinajstić information content (AvgIpc) is 2.54. The van der Waals surface area contributed by atoms with Crippen molar-refractivity contribution >= 4 is 23.4 Å². The number of fused-ring (bicyclic) bond motifs is 1. The fraction of sp³-hybridized carbons (Fsp3) is 0.364. The number of hydrogen-bond donors (Lipinski definition) is 1. The zero-order valence-corrected chi connectivity index (χ0v) is 10.6. The monoisotopic (exact) mass is 252 g/mol. The maximum atomic E-state index is 12.1. The third-order valence-electron chi connectivity index (χ3n) is 2.90. The van der Waals surface area contributed by atoms with Gasteiger partial charge in [0.1, 0.15) is 10.9 Å². The maximum Gasteiger partial charge on any atom is 0.344 e. The fourth-order valence-corrected chi connectivity index (χ4v) is 2.47. The molecule has 1 aliphatic rings. The molecule has 0 bridgehead atoms. The number of aromatic nitrogens is 2. The summed E-state index contributed by atoms with van der Waals surface area (Å²) in [6.07, 6.45) is 2.32. The molecule has 0 fully saturated rings. The standard InChI is InChI=1S/C11H12N2O3S/c1-5-4-7-12-9(17-3)8(11(15)16)10(14)13(7)6(5)2/h4H2,1-3H3,(H,15,16). The molecule has 1 aliphatic heterocycles. The highest BCUT2D eigenvalue weighted by atomic mass is 32.2. The molecule has 0 saturated heterocycles. The number of carboxylic acids is 1. The summed E-state index contributed by atoms with van der Waals surface area (Å²) in [6.45, 7) is 3.72. The molecule has 5 nitrogen and oxygen atoms in total. The molecule has 17 heavy (non-hydrogen) atoms. The van der Waals surface area contributed by atoms with Crippen LogP contribution >= 0.6 is 11.8 Å². The quantitative estimate of drug-likeness (QED) is 0.637. The first-order chi connectivity index (χ1) is 7.97. The number of nitrogens with zero attached hydrogens (tertiary/aromatic N) is 2. The van der Waals surface area contributed by atoms with Crippen LogP contribution in [0.4, 0.5) is 0 Å². The molecule has 90 valence electrons. The first-order valence-electron chi connectivity index (χ1n) is 5.07. The van der Waals surface area contributed by atoms with E-state index in [1.54, 1.807) is 13.2 Å². The van der Waals surface area contributed by atoms with Gasteiger partial charge in [-0.3, -0.25) is 9.36 Å². The Labute approximate surface area is 102 Å². The Morgan fingerprint density at radius 2 is 2.12 bits per heavy atom. The Kier molecular flexibility index (Phi) is 2.82. The van der Waals surface area contributed by atoms with E-state index in [1.807, 2.05) is 6.92 Å². The van der Waals surface area contributed by atoms with Crippen LogP contribution in [-0.2, 0) is 6.42 Å². The summed E-state index contributed by atoms with van der Waals surface area (Å²) < 4.78 is 1.40. The second-order valence-corrected chi connectivity index (χ2v) is 4.70. The molecule has 0 amide bonds. The molecular weight excluding hydrogens is 240 g/mol. The van der Waals surface area contributed by atoms with E-state index in [0.717, 1.165) is 11.3 Å². The molecule has 0 saturated carbocycles. The zero-order valence-electron chi connectivity index (χ0n) is 9.77. The van der Waals surface area contributed by atoms with Crippen molar-refractivity contribution in [3.63, 3.8) is 0 Å². The maximum absolute atomic E-state index is 12.1. The van der Waals surface area contributed by atoms with Crippen LogP contribution in [-0.4, -0.2) is 26.9 Å². The molecule has 1 N–H and O–H groups in total. The summed E-state index contributed by atoms with van der Waals surface area (Å²) in [6, 6.07) is 0. The molecule has 1 aromatic heterocycles. The van der Waals surface area contributed by atoms with Gasteiger partial charge in [-0.05, 0) is 25.7 Å². The number of aromatic carboxylic acids is 1. The van der Waals surface area contributed by atoms with Gasteiger partial charge in [-0.25, -0.2) is 9.78 Å². The van der Waals surface area contributed by atoms with E-state index in [0.29, 0.717) is 12.2 Å². The lowest BCUT2D eigenvalue weighted by Crippen LogP contribution is -2.28. The third kappa shape index (κ3) is 1.68. The summed E-state index contributed by atoms with van der Waals surface area (Å²) in [5.41, 5.74) is 1.10. The molecule has 0 aromatic carbocycles. The minimum absolute atomic E-state index is 0.240. The van der Waals surface area contributed by atoms with Crippen molar-refractivity contribution in [2.45, 2.75) is 25.3 Å². The second-order valence-electron chi connectivity index (χ2n) is 3.90. The van der Waals surface area contributed by atoms with E-state index < -0.39 is 11.5 Å². The number of hydrogen-bond acceptors (Lipinski definition) is 4.